The normalized spacial score (nSPS) is 11.2. The van der Waals surface area contributed by atoms with E-state index in [-0.39, 0.29) is 11.3 Å². The molecule has 0 bridgehead atoms. The summed E-state index contributed by atoms with van der Waals surface area (Å²) >= 11 is 0. The fourth-order valence-corrected chi connectivity index (χ4v) is 1.63. The molecular formula is C16H11F2N. The topological polar surface area (TPSA) is 12.4 Å². The maximum absolute atomic E-state index is 13.6. The highest BCUT2D eigenvalue weighted by atomic mass is 19.1. The molecule has 0 fully saturated rings. The van der Waals surface area contributed by atoms with Crippen molar-refractivity contribution in [2.45, 2.75) is 6.92 Å². The van der Waals surface area contributed by atoms with Crippen LogP contribution in [0.3, 0.4) is 0 Å². The first kappa shape index (κ1) is 13.0. The zero-order valence-electron chi connectivity index (χ0n) is 10.3. The molecule has 0 aliphatic carbocycles. The monoisotopic (exact) mass is 255 g/mol. The second kappa shape index (κ2) is 5.45. The zero-order chi connectivity index (χ0) is 13.8. The average molecular weight is 255 g/mol. The van der Waals surface area contributed by atoms with Crippen LogP contribution in [0.15, 0.2) is 47.5 Å². The third kappa shape index (κ3) is 2.86. The molecule has 94 valence electrons. The molecule has 0 spiro atoms. The lowest BCUT2D eigenvalue weighted by atomic mass is 10.1. The van der Waals surface area contributed by atoms with E-state index in [0.717, 1.165) is 17.7 Å². The number of halogens is 2. The zero-order valence-corrected chi connectivity index (χ0v) is 10.3. The van der Waals surface area contributed by atoms with Gasteiger partial charge in [0.25, 0.3) is 0 Å². The van der Waals surface area contributed by atoms with Gasteiger partial charge in [-0.2, -0.15) is 0 Å². The van der Waals surface area contributed by atoms with Crippen molar-refractivity contribution in [2.75, 3.05) is 0 Å². The minimum absolute atomic E-state index is 0.0561. The Balaban J connectivity index is 2.52. The molecule has 0 saturated heterocycles. The van der Waals surface area contributed by atoms with Gasteiger partial charge in [-0.05, 0) is 37.1 Å². The smallest absolute Gasteiger partial charge is 0.136 e. The van der Waals surface area contributed by atoms with Gasteiger partial charge in [0.05, 0.1) is 11.3 Å². The number of benzene rings is 2. The summed E-state index contributed by atoms with van der Waals surface area (Å²) in [5, 5.41) is 0. The number of hydrogen-bond donors (Lipinski definition) is 0. The Morgan fingerprint density at radius 1 is 1.05 bits per heavy atom. The van der Waals surface area contributed by atoms with Crippen molar-refractivity contribution in [1.29, 1.82) is 0 Å². The molecule has 0 atom stereocenters. The second-order valence-electron chi connectivity index (χ2n) is 4.04. The Bertz CT molecular complexity index is 644. The van der Waals surface area contributed by atoms with Crippen LogP contribution in [0.25, 0.3) is 0 Å². The van der Waals surface area contributed by atoms with E-state index >= 15 is 0 Å². The molecule has 0 amide bonds. The van der Waals surface area contributed by atoms with Crippen molar-refractivity contribution in [1.82, 2.24) is 0 Å². The third-order valence-electron chi connectivity index (χ3n) is 2.61. The highest BCUT2D eigenvalue weighted by Crippen LogP contribution is 2.18. The summed E-state index contributed by atoms with van der Waals surface area (Å²) in [6, 6.07) is 10.8. The van der Waals surface area contributed by atoms with Crippen LogP contribution in [0.5, 0.6) is 0 Å². The van der Waals surface area contributed by atoms with Crippen LogP contribution in [0, 0.1) is 30.9 Å². The molecule has 0 N–H and O–H groups in total. The minimum atomic E-state index is -0.719. The van der Waals surface area contributed by atoms with Crippen molar-refractivity contribution in [3.05, 3.63) is 65.2 Å². The number of aryl methyl sites for hydroxylation is 1. The predicted octanol–water partition coefficient (Wildman–Crippen LogP) is 4.03. The van der Waals surface area contributed by atoms with Crippen molar-refractivity contribution >= 4 is 11.4 Å². The summed E-state index contributed by atoms with van der Waals surface area (Å²) in [4.78, 5) is 4.11. The fraction of sp³-hybridized carbons (Fsp3) is 0.0625. The first-order valence-corrected chi connectivity index (χ1v) is 5.68. The molecule has 0 saturated carbocycles. The summed E-state index contributed by atoms with van der Waals surface area (Å²) in [6.45, 7) is 1.94. The molecule has 0 radical (unpaired) electrons. The van der Waals surface area contributed by atoms with Crippen molar-refractivity contribution in [3.8, 4) is 12.3 Å². The van der Waals surface area contributed by atoms with E-state index in [0.29, 0.717) is 5.69 Å². The molecule has 2 aromatic carbocycles. The molecule has 2 aromatic rings. The van der Waals surface area contributed by atoms with E-state index in [1.54, 1.807) is 12.1 Å². The quantitative estimate of drug-likeness (QED) is 0.567. The van der Waals surface area contributed by atoms with Gasteiger partial charge < -0.3 is 0 Å². The SMILES string of the molecule is C#CC(=Nc1ccc(C)cc1)c1c(F)cccc1F. The second-order valence-corrected chi connectivity index (χ2v) is 4.04. The van der Waals surface area contributed by atoms with E-state index in [9.17, 15) is 8.78 Å². The van der Waals surface area contributed by atoms with E-state index < -0.39 is 11.6 Å². The Morgan fingerprint density at radius 2 is 1.63 bits per heavy atom. The Labute approximate surface area is 110 Å². The van der Waals surface area contributed by atoms with Crippen LogP contribution in [0.1, 0.15) is 11.1 Å². The van der Waals surface area contributed by atoms with E-state index in [4.69, 9.17) is 6.42 Å². The van der Waals surface area contributed by atoms with Crippen LogP contribution in [-0.2, 0) is 0 Å². The van der Waals surface area contributed by atoms with Gasteiger partial charge in [0.15, 0.2) is 0 Å². The van der Waals surface area contributed by atoms with Crippen molar-refractivity contribution in [3.63, 3.8) is 0 Å². The molecule has 0 aliphatic heterocycles. The van der Waals surface area contributed by atoms with E-state index in [1.807, 2.05) is 19.1 Å². The van der Waals surface area contributed by atoms with Gasteiger partial charge in [0, 0.05) is 0 Å². The lowest BCUT2D eigenvalue weighted by molar-refractivity contribution is 0.579. The Morgan fingerprint density at radius 3 is 2.16 bits per heavy atom. The lowest BCUT2D eigenvalue weighted by Crippen LogP contribution is -2.04. The molecular weight excluding hydrogens is 244 g/mol. The molecule has 0 unspecified atom stereocenters. The summed E-state index contributed by atoms with van der Waals surface area (Å²) in [6.07, 6.45) is 5.31. The van der Waals surface area contributed by atoms with Gasteiger partial charge in [0.1, 0.15) is 17.3 Å². The first-order chi connectivity index (χ1) is 9.11. The van der Waals surface area contributed by atoms with Crippen LogP contribution in [-0.4, -0.2) is 5.71 Å². The standard InChI is InChI=1S/C16H11F2N/c1-3-15(16-13(17)5-4-6-14(16)18)19-12-9-7-11(2)8-10-12/h1,4-10H,2H3. The lowest BCUT2D eigenvalue weighted by Gasteiger charge is -2.04. The van der Waals surface area contributed by atoms with Crippen LogP contribution in [0.2, 0.25) is 0 Å². The highest BCUT2D eigenvalue weighted by Gasteiger charge is 2.13. The number of hydrogen-bond acceptors (Lipinski definition) is 1. The maximum Gasteiger partial charge on any atom is 0.136 e. The average Bonchev–Trinajstić information content (AvgIpc) is 2.39. The number of terminal acetylenes is 1. The van der Waals surface area contributed by atoms with Gasteiger partial charge >= 0.3 is 0 Å². The van der Waals surface area contributed by atoms with Crippen molar-refractivity contribution < 1.29 is 8.78 Å². The van der Waals surface area contributed by atoms with Gasteiger partial charge in [-0.1, -0.05) is 23.8 Å². The molecule has 19 heavy (non-hydrogen) atoms. The van der Waals surface area contributed by atoms with E-state index in [2.05, 4.69) is 10.9 Å². The minimum Gasteiger partial charge on any atom is -0.239 e. The molecule has 3 heteroatoms. The van der Waals surface area contributed by atoms with Crippen LogP contribution < -0.4 is 0 Å². The van der Waals surface area contributed by atoms with Gasteiger partial charge in [-0.15, -0.1) is 6.42 Å². The Hall–Kier alpha value is -2.47. The van der Waals surface area contributed by atoms with E-state index in [1.165, 1.54) is 6.07 Å². The molecule has 1 nitrogen and oxygen atoms in total. The molecule has 2 rings (SSSR count). The molecule has 0 aliphatic rings. The van der Waals surface area contributed by atoms with Crippen LogP contribution in [0.4, 0.5) is 14.5 Å². The summed E-state index contributed by atoms with van der Waals surface area (Å²) < 4.78 is 27.3. The number of aliphatic imine (C=N–C) groups is 1. The number of nitrogens with zero attached hydrogens (tertiary/aromatic N) is 1. The predicted molar refractivity (Wildman–Crippen MR) is 72.6 cm³/mol. The summed E-state index contributed by atoms with van der Waals surface area (Å²) in [5.41, 5.74) is 1.30. The molecule has 0 heterocycles. The van der Waals surface area contributed by atoms with Gasteiger partial charge in [-0.25, -0.2) is 13.8 Å². The largest absolute Gasteiger partial charge is 0.239 e. The van der Waals surface area contributed by atoms with Gasteiger partial charge in [-0.3, -0.25) is 0 Å². The first-order valence-electron chi connectivity index (χ1n) is 5.68. The third-order valence-corrected chi connectivity index (χ3v) is 2.61. The Kier molecular flexibility index (Phi) is 3.72. The van der Waals surface area contributed by atoms with Gasteiger partial charge in [0.2, 0.25) is 0 Å². The summed E-state index contributed by atoms with van der Waals surface area (Å²) in [5.74, 6) is 0.796. The maximum atomic E-state index is 13.6. The van der Waals surface area contributed by atoms with Crippen LogP contribution >= 0.6 is 0 Å². The molecule has 0 aromatic heterocycles. The fourth-order valence-electron chi connectivity index (χ4n) is 1.63. The number of rotatable bonds is 2. The highest BCUT2D eigenvalue weighted by molar-refractivity contribution is 6.14. The summed E-state index contributed by atoms with van der Waals surface area (Å²) in [7, 11) is 0. The van der Waals surface area contributed by atoms with Crippen molar-refractivity contribution in [2.24, 2.45) is 4.99 Å².